The van der Waals surface area contributed by atoms with Gasteiger partial charge in [-0.1, -0.05) is 231 Å². The van der Waals surface area contributed by atoms with Gasteiger partial charge in [0.1, 0.15) is 0 Å². The van der Waals surface area contributed by atoms with E-state index in [-0.39, 0.29) is 18.5 Å². The average Bonchev–Trinajstić information content (AvgIpc) is 3.21. The van der Waals surface area contributed by atoms with Gasteiger partial charge in [0.15, 0.2) is 0 Å². The number of aliphatic hydroxyl groups is 2. The molecule has 0 aromatic heterocycles. The summed E-state index contributed by atoms with van der Waals surface area (Å²) in [6.07, 6.45) is 53.2. The maximum atomic E-state index is 12.5. The Kier molecular flexibility index (Phi) is 46.1. The maximum absolute atomic E-state index is 12.5. The molecule has 0 aliphatic carbocycles. The second-order valence-corrected chi connectivity index (χ2v) is 17.5. The third kappa shape index (κ3) is 44.0. The van der Waals surface area contributed by atoms with Crippen LogP contribution in [-0.2, 0) is 14.3 Å². The SMILES string of the molecule is CCCC/C=C\CCCCCCCC(=O)OCCCCCCCCCCCCCC(=O)NC(CO)C(O)CCCCCCCCCCCCCCCCCCCC. The van der Waals surface area contributed by atoms with E-state index in [1.165, 1.54) is 186 Å². The Labute approximate surface area is 355 Å². The van der Waals surface area contributed by atoms with Crippen molar-refractivity contribution in [2.24, 2.45) is 0 Å². The monoisotopic (exact) mass is 806 g/mol. The molecule has 338 valence electrons. The van der Waals surface area contributed by atoms with Gasteiger partial charge in [-0.25, -0.2) is 0 Å². The van der Waals surface area contributed by atoms with Crippen LogP contribution in [0.3, 0.4) is 0 Å². The topological polar surface area (TPSA) is 95.9 Å². The lowest BCUT2D eigenvalue weighted by molar-refractivity contribution is -0.143. The molecule has 0 aromatic rings. The summed E-state index contributed by atoms with van der Waals surface area (Å²) in [5.41, 5.74) is 0. The van der Waals surface area contributed by atoms with E-state index >= 15 is 0 Å². The third-order valence-corrected chi connectivity index (χ3v) is 11.8. The number of esters is 1. The van der Waals surface area contributed by atoms with Gasteiger partial charge in [0, 0.05) is 12.8 Å². The number of amides is 1. The molecule has 0 spiro atoms. The summed E-state index contributed by atoms with van der Waals surface area (Å²) in [5.74, 6) is -0.0768. The van der Waals surface area contributed by atoms with Gasteiger partial charge < -0.3 is 20.3 Å². The molecule has 0 fully saturated rings. The molecule has 0 aliphatic rings. The van der Waals surface area contributed by atoms with Crippen molar-refractivity contribution in [3.63, 3.8) is 0 Å². The van der Waals surface area contributed by atoms with Crippen LogP contribution in [0.2, 0.25) is 0 Å². The lowest BCUT2D eigenvalue weighted by atomic mass is 10.0. The first-order chi connectivity index (χ1) is 28.0. The van der Waals surface area contributed by atoms with Gasteiger partial charge in [-0.3, -0.25) is 9.59 Å². The van der Waals surface area contributed by atoms with Crippen molar-refractivity contribution in [1.29, 1.82) is 0 Å². The molecule has 3 N–H and O–H groups in total. The van der Waals surface area contributed by atoms with Gasteiger partial charge in [-0.2, -0.15) is 0 Å². The van der Waals surface area contributed by atoms with E-state index < -0.39 is 12.1 Å². The first-order valence-corrected chi connectivity index (χ1v) is 25.4. The van der Waals surface area contributed by atoms with E-state index in [9.17, 15) is 19.8 Å². The molecule has 0 saturated carbocycles. The van der Waals surface area contributed by atoms with Crippen LogP contribution in [0.4, 0.5) is 0 Å². The number of aliphatic hydroxyl groups excluding tert-OH is 2. The molecule has 2 atom stereocenters. The van der Waals surface area contributed by atoms with Crippen molar-refractivity contribution in [3.8, 4) is 0 Å². The second kappa shape index (κ2) is 47.3. The Hall–Kier alpha value is -1.40. The van der Waals surface area contributed by atoms with Crippen LogP contribution in [0, 0.1) is 0 Å². The minimum atomic E-state index is -0.676. The van der Waals surface area contributed by atoms with E-state index in [1.54, 1.807) is 0 Å². The number of rotatable bonds is 47. The molecule has 57 heavy (non-hydrogen) atoms. The molecule has 2 unspecified atom stereocenters. The highest BCUT2D eigenvalue weighted by molar-refractivity contribution is 5.76. The van der Waals surface area contributed by atoms with Crippen LogP contribution >= 0.6 is 0 Å². The first kappa shape index (κ1) is 55.6. The minimum absolute atomic E-state index is 0.0242. The standard InChI is InChI=1S/C51H99NO5/c1-3-5-7-9-11-13-15-16-17-18-19-20-21-24-27-31-35-39-43-49(54)48(47-53)52-50(55)44-40-36-32-28-25-22-26-30-34-38-42-46-57-51(56)45-41-37-33-29-23-14-12-10-8-6-4-2/h10,12,48-49,53-54H,3-9,11,13-47H2,1-2H3,(H,52,55)/b12-10-. The number of carbonyl (C=O) groups excluding carboxylic acids is 2. The maximum Gasteiger partial charge on any atom is 0.305 e. The molecule has 6 heteroatoms. The molecular formula is C51H99NO5. The summed E-state index contributed by atoms with van der Waals surface area (Å²) in [6.45, 7) is 4.88. The zero-order valence-corrected chi connectivity index (χ0v) is 38.3. The Morgan fingerprint density at radius 2 is 0.842 bits per heavy atom. The van der Waals surface area contributed by atoms with E-state index in [0.717, 1.165) is 57.8 Å². The Morgan fingerprint density at radius 3 is 1.30 bits per heavy atom. The van der Waals surface area contributed by atoms with Crippen molar-refractivity contribution in [1.82, 2.24) is 5.32 Å². The molecular weight excluding hydrogens is 707 g/mol. The molecule has 1 amide bonds. The van der Waals surface area contributed by atoms with Crippen molar-refractivity contribution in [2.75, 3.05) is 13.2 Å². The molecule has 0 heterocycles. The fourth-order valence-electron chi connectivity index (χ4n) is 7.86. The van der Waals surface area contributed by atoms with Gasteiger partial charge >= 0.3 is 5.97 Å². The van der Waals surface area contributed by atoms with Crippen LogP contribution in [0.5, 0.6) is 0 Å². The van der Waals surface area contributed by atoms with Gasteiger partial charge in [-0.15, -0.1) is 0 Å². The highest BCUT2D eigenvalue weighted by atomic mass is 16.5. The van der Waals surface area contributed by atoms with Gasteiger partial charge in [0.25, 0.3) is 0 Å². The number of hydrogen-bond acceptors (Lipinski definition) is 5. The average molecular weight is 806 g/mol. The third-order valence-electron chi connectivity index (χ3n) is 11.8. The predicted molar refractivity (Wildman–Crippen MR) is 246 cm³/mol. The van der Waals surface area contributed by atoms with Crippen LogP contribution in [0.25, 0.3) is 0 Å². The summed E-state index contributed by atoms with van der Waals surface area (Å²) in [5, 5.41) is 23.2. The summed E-state index contributed by atoms with van der Waals surface area (Å²) >= 11 is 0. The molecule has 0 bridgehead atoms. The zero-order chi connectivity index (χ0) is 41.5. The summed E-state index contributed by atoms with van der Waals surface area (Å²) in [7, 11) is 0. The molecule has 6 nitrogen and oxygen atoms in total. The van der Waals surface area contributed by atoms with Crippen LogP contribution < -0.4 is 5.32 Å². The number of unbranched alkanes of at least 4 members (excludes halogenated alkanes) is 34. The second-order valence-electron chi connectivity index (χ2n) is 17.5. The molecule has 0 saturated heterocycles. The van der Waals surface area contributed by atoms with E-state index in [0.29, 0.717) is 25.9 Å². The number of hydrogen-bond donors (Lipinski definition) is 3. The fraction of sp³-hybridized carbons (Fsp3) is 0.922. The molecule has 0 radical (unpaired) electrons. The lowest BCUT2D eigenvalue weighted by Crippen LogP contribution is -2.45. The van der Waals surface area contributed by atoms with Crippen LogP contribution in [-0.4, -0.2) is 47.4 Å². The molecule has 0 rings (SSSR count). The first-order valence-electron chi connectivity index (χ1n) is 25.4. The minimum Gasteiger partial charge on any atom is -0.466 e. The van der Waals surface area contributed by atoms with Gasteiger partial charge in [0.05, 0.1) is 25.4 Å². The molecule has 0 aliphatic heterocycles. The van der Waals surface area contributed by atoms with Crippen molar-refractivity contribution in [3.05, 3.63) is 12.2 Å². The fourth-order valence-corrected chi connectivity index (χ4v) is 7.86. The van der Waals surface area contributed by atoms with E-state index in [2.05, 4.69) is 31.3 Å². The largest absolute Gasteiger partial charge is 0.466 e. The highest BCUT2D eigenvalue weighted by Gasteiger charge is 2.20. The van der Waals surface area contributed by atoms with Gasteiger partial charge in [-0.05, 0) is 44.9 Å². The predicted octanol–water partition coefficient (Wildman–Crippen LogP) is 15.0. The highest BCUT2D eigenvalue weighted by Crippen LogP contribution is 2.17. The summed E-state index contributed by atoms with van der Waals surface area (Å²) < 4.78 is 5.43. The Bertz CT molecular complexity index is 847. The smallest absolute Gasteiger partial charge is 0.305 e. The lowest BCUT2D eigenvalue weighted by Gasteiger charge is -2.22. The number of nitrogens with one attached hydrogen (secondary N) is 1. The van der Waals surface area contributed by atoms with Crippen molar-refractivity contribution in [2.45, 2.75) is 289 Å². The normalized spacial score (nSPS) is 12.7. The van der Waals surface area contributed by atoms with Crippen LogP contribution in [0.1, 0.15) is 277 Å². The number of ether oxygens (including phenoxy) is 1. The summed E-state index contributed by atoms with van der Waals surface area (Å²) in [6, 6.07) is -0.555. The van der Waals surface area contributed by atoms with Gasteiger partial charge in [0.2, 0.25) is 5.91 Å². The van der Waals surface area contributed by atoms with Crippen molar-refractivity contribution < 1.29 is 24.5 Å². The van der Waals surface area contributed by atoms with Crippen LogP contribution in [0.15, 0.2) is 12.2 Å². The van der Waals surface area contributed by atoms with E-state index in [4.69, 9.17) is 4.74 Å². The molecule has 0 aromatic carbocycles. The van der Waals surface area contributed by atoms with E-state index in [1.807, 2.05) is 0 Å². The summed E-state index contributed by atoms with van der Waals surface area (Å²) in [4.78, 5) is 24.4. The zero-order valence-electron chi connectivity index (χ0n) is 38.3. The number of carbonyl (C=O) groups is 2. The Balaban J connectivity index is 3.48. The van der Waals surface area contributed by atoms with Crippen molar-refractivity contribution >= 4 is 11.9 Å². The Morgan fingerprint density at radius 1 is 0.474 bits per heavy atom. The number of allylic oxidation sites excluding steroid dienone is 2. The quantitative estimate of drug-likeness (QED) is 0.0323.